The van der Waals surface area contributed by atoms with Crippen LogP contribution in [0.15, 0.2) is 24.3 Å². The lowest BCUT2D eigenvalue weighted by Crippen LogP contribution is -2.48. The van der Waals surface area contributed by atoms with E-state index in [9.17, 15) is 24.0 Å². The highest BCUT2D eigenvalue weighted by Gasteiger charge is 2.42. The maximum Gasteiger partial charge on any atom is 0.329 e. The Labute approximate surface area is 180 Å². The minimum Gasteiger partial charge on any atom is -0.466 e. The van der Waals surface area contributed by atoms with Gasteiger partial charge in [0.2, 0.25) is 0 Å². The van der Waals surface area contributed by atoms with Gasteiger partial charge in [0.25, 0.3) is 17.7 Å². The molecule has 3 rings (SSSR count). The van der Waals surface area contributed by atoms with Gasteiger partial charge in [-0.1, -0.05) is 12.1 Å². The Morgan fingerprint density at radius 2 is 1.58 bits per heavy atom. The van der Waals surface area contributed by atoms with Crippen LogP contribution in [0.2, 0.25) is 0 Å². The number of carbonyl (C=O) groups excluding carboxylic acids is 5. The first-order valence-electron chi connectivity index (χ1n) is 10.4. The third-order valence-electron chi connectivity index (χ3n) is 5.62. The molecule has 31 heavy (non-hydrogen) atoms. The van der Waals surface area contributed by atoms with Crippen LogP contribution in [-0.4, -0.2) is 71.3 Å². The molecular formula is C22H26N2O7. The van der Waals surface area contributed by atoms with Crippen molar-refractivity contribution in [2.24, 2.45) is 5.92 Å². The topological polar surface area (TPSA) is 110 Å². The zero-order valence-corrected chi connectivity index (χ0v) is 17.8. The first-order valence-corrected chi connectivity index (χ1v) is 10.4. The van der Waals surface area contributed by atoms with Crippen LogP contribution in [0.1, 0.15) is 54.3 Å². The Balaban J connectivity index is 1.56. The highest BCUT2D eigenvalue weighted by atomic mass is 16.6. The van der Waals surface area contributed by atoms with E-state index < -0.39 is 29.9 Å². The average molecular weight is 430 g/mol. The van der Waals surface area contributed by atoms with Crippen LogP contribution in [0.3, 0.4) is 0 Å². The third-order valence-corrected chi connectivity index (χ3v) is 5.62. The standard InChI is InChI=1S/C22H26N2O7/c1-4-30-22(29)15-9-11-23(12-10-15)18(25)14(3)31-21(28)13(2)24-19(26)16-7-5-6-8-17(16)20(24)27/h5-8,13-15H,4,9-12H2,1-3H3. The summed E-state index contributed by atoms with van der Waals surface area (Å²) in [6.07, 6.45) is -0.114. The quantitative estimate of drug-likeness (QED) is 0.496. The Morgan fingerprint density at radius 3 is 2.10 bits per heavy atom. The zero-order valence-electron chi connectivity index (χ0n) is 17.8. The van der Waals surface area contributed by atoms with Crippen LogP contribution in [0.5, 0.6) is 0 Å². The van der Waals surface area contributed by atoms with E-state index in [0.29, 0.717) is 32.5 Å². The van der Waals surface area contributed by atoms with Gasteiger partial charge in [0.05, 0.1) is 23.7 Å². The number of imide groups is 1. The second-order valence-electron chi connectivity index (χ2n) is 7.63. The van der Waals surface area contributed by atoms with E-state index in [1.54, 1.807) is 24.0 Å². The number of esters is 2. The Hall–Kier alpha value is -3.23. The van der Waals surface area contributed by atoms with Crippen molar-refractivity contribution < 1.29 is 33.4 Å². The fourth-order valence-electron chi connectivity index (χ4n) is 3.84. The predicted molar refractivity (Wildman–Crippen MR) is 108 cm³/mol. The normalized spacial score (nSPS) is 18.4. The molecule has 9 heteroatoms. The number of nitrogens with zero attached hydrogens (tertiary/aromatic N) is 2. The SMILES string of the molecule is CCOC(=O)C1CCN(C(=O)C(C)OC(=O)C(C)N2C(=O)c3ccccc3C2=O)CC1. The van der Waals surface area contributed by atoms with E-state index in [-0.39, 0.29) is 28.9 Å². The number of hydrogen-bond donors (Lipinski definition) is 0. The fraction of sp³-hybridized carbons (Fsp3) is 0.500. The van der Waals surface area contributed by atoms with Crippen LogP contribution >= 0.6 is 0 Å². The maximum atomic E-state index is 12.7. The van der Waals surface area contributed by atoms with Crippen molar-refractivity contribution in [2.45, 2.75) is 45.8 Å². The first-order chi connectivity index (χ1) is 14.8. The van der Waals surface area contributed by atoms with Gasteiger partial charge in [-0.15, -0.1) is 0 Å². The van der Waals surface area contributed by atoms with Gasteiger partial charge in [0.15, 0.2) is 6.10 Å². The molecule has 3 amide bonds. The van der Waals surface area contributed by atoms with E-state index >= 15 is 0 Å². The van der Waals surface area contributed by atoms with Crippen LogP contribution in [-0.2, 0) is 23.9 Å². The van der Waals surface area contributed by atoms with Crippen molar-refractivity contribution in [1.82, 2.24) is 9.80 Å². The molecule has 2 heterocycles. The number of rotatable bonds is 6. The van der Waals surface area contributed by atoms with Crippen LogP contribution in [0.25, 0.3) is 0 Å². The Bertz CT molecular complexity index is 870. The van der Waals surface area contributed by atoms with Gasteiger partial charge in [-0.2, -0.15) is 0 Å². The van der Waals surface area contributed by atoms with Crippen molar-refractivity contribution in [1.29, 1.82) is 0 Å². The van der Waals surface area contributed by atoms with Gasteiger partial charge < -0.3 is 14.4 Å². The van der Waals surface area contributed by atoms with Crippen molar-refractivity contribution in [3.05, 3.63) is 35.4 Å². The van der Waals surface area contributed by atoms with E-state index in [0.717, 1.165) is 4.90 Å². The summed E-state index contributed by atoms with van der Waals surface area (Å²) in [4.78, 5) is 64.6. The number of fused-ring (bicyclic) bond motifs is 1. The van der Waals surface area contributed by atoms with Crippen LogP contribution in [0.4, 0.5) is 0 Å². The zero-order chi connectivity index (χ0) is 22.7. The summed E-state index contributed by atoms with van der Waals surface area (Å²) in [7, 11) is 0. The maximum absolute atomic E-state index is 12.7. The summed E-state index contributed by atoms with van der Waals surface area (Å²) in [6.45, 7) is 5.63. The lowest BCUT2D eigenvalue weighted by atomic mass is 9.97. The number of carbonyl (C=O) groups is 5. The van der Waals surface area contributed by atoms with Gasteiger partial charge in [0, 0.05) is 13.1 Å². The molecule has 0 bridgehead atoms. The molecule has 2 atom stereocenters. The molecule has 2 aliphatic rings. The number of amides is 3. The van der Waals surface area contributed by atoms with Crippen LogP contribution < -0.4 is 0 Å². The Morgan fingerprint density at radius 1 is 1.03 bits per heavy atom. The minimum atomic E-state index is -1.17. The van der Waals surface area contributed by atoms with Gasteiger partial charge in [0.1, 0.15) is 6.04 Å². The number of likely N-dealkylation sites (tertiary alicyclic amines) is 1. The molecule has 0 radical (unpaired) electrons. The summed E-state index contributed by atoms with van der Waals surface area (Å²) in [5, 5.41) is 0. The van der Waals surface area contributed by atoms with Gasteiger partial charge in [-0.25, -0.2) is 4.79 Å². The molecule has 1 aromatic carbocycles. The van der Waals surface area contributed by atoms with Crippen molar-refractivity contribution in [3.8, 4) is 0 Å². The number of hydrogen-bond acceptors (Lipinski definition) is 7. The van der Waals surface area contributed by atoms with E-state index in [1.807, 2.05) is 0 Å². The molecule has 0 aliphatic carbocycles. The molecule has 1 aromatic rings. The average Bonchev–Trinajstić information content (AvgIpc) is 3.03. The highest BCUT2D eigenvalue weighted by Crippen LogP contribution is 2.25. The predicted octanol–water partition coefficient (Wildman–Crippen LogP) is 1.40. The van der Waals surface area contributed by atoms with Gasteiger partial charge in [-0.3, -0.25) is 24.1 Å². The van der Waals surface area contributed by atoms with Crippen molar-refractivity contribution >= 4 is 29.7 Å². The third kappa shape index (κ3) is 4.45. The number of benzene rings is 1. The summed E-state index contributed by atoms with van der Waals surface area (Å²) in [5.41, 5.74) is 0.474. The summed E-state index contributed by atoms with van der Waals surface area (Å²) in [5.74, 6) is -2.85. The van der Waals surface area contributed by atoms with E-state index in [2.05, 4.69) is 0 Å². The molecule has 0 spiro atoms. The number of ether oxygens (including phenoxy) is 2. The van der Waals surface area contributed by atoms with Gasteiger partial charge >= 0.3 is 11.9 Å². The summed E-state index contributed by atoms with van der Waals surface area (Å²) < 4.78 is 10.3. The highest BCUT2D eigenvalue weighted by molar-refractivity contribution is 6.22. The molecule has 0 N–H and O–H groups in total. The molecule has 9 nitrogen and oxygen atoms in total. The molecule has 1 fully saturated rings. The molecule has 1 saturated heterocycles. The molecule has 0 aromatic heterocycles. The fourth-order valence-corrected chi connectivity index (χ4v) is 3.84. The summed E-state index contributed by atoms with van der Waals surface area (Å²) in [6, 6.07) is 5.17. The molecular weight excluding hydrogens is 404 g/mol. The monoisotopic (exact) mass is 430 g/mol. The van der Waals surface area contributed by atoms with E-state index in [4.69, 9.17) is 9.47 Å². The van der Waals surface area contributed by atoms with Crippen molar-refractivity contribution in [2.75, 3.05) is 19.7 Å². The lowest BCUT2D eigenvalue weighted by Gasteiger charge is -2.32. The largest absolute Gasteiger partial charge is 0.466 e. The van der Waals surface area contributed by atoms with Crippen LogP contribution in [0, 0.1) is 5.92 Å². The molecule has 2 unspecified atom stereocenters. The van der Waals surface area contributed by atoms with Crippen molar-refractivity contribution in [3.63, 3.8) is 0 Å². The molecule has 0 saturated carbocycles. The second kappa shape index (κ2) is 9.28. The van der Waals surface area contributed by atoms with Gasteiger partial charge in [-0.05, 0) is 45.7 Å². The molecule has 2 aliphatic heterocycles. The molecule has 166 valence electrons. The lowest BCUT2D eigenvalue weighted by molar-refractivity contribution is -0.163. The first kappa shape index (κ1) is 22.5. The summed E-state index contributed by atoms with van der Waals surface area (Å²) >= 11 is 0. The number of piperidine rings is 1. The second-order valence-corrected chi connectivity index (χ2v) is 7.63. The Kier molecular flexibility index (Phi) is 6.72. The smallest absolute Gasteiger partial charge is 0.329 e. The van der Waals surface area contributed by atoms with E-state index in [1.165, 1.54) is 26.0 Å². The minimum absolute atomic E-state index is 0.237.